The van der Waals surface area contributed by atoms with E-state index in [-0.39, 0.29) is 5.56 Å². The molecule has 2 heterocycles. The number of aromatic nitrogens is 4. The molecule has 0 aliphatic heterocycles. The molecular formula is C13H17N5O2. The first-order valence-electron chi connectivity index (χ1n) is 6.30. The molecule has 2 N–H and O–H groups in total. The Morgan fingerprint density at radius 1 is 1.35 bits per heavy atom. The Bertz CT molecular complexity index is 621. The number of methoxy groups -OCH3 is 1. The molecule has 0 saturated carbocycles. The molecule has 0 fully saturated rings. The minimum absolute atomic E-state index is 0.215. The highest BCUT2D eigenvalue weighted by atomic mass is 16.5. The molecule has 2 aromatic rings. The van der Waals surface area contributed by atoms with Crippen LogP contribution in [0.5, 0.6) is 5.88 Å². The fourth-order valence-electron chi connectivity index (χ4n) is 1.58. The molecule has 0 saturated heterocycles. The molecule has 0 unspecified atom stereocenters. The van der Waals surface area contributed by atoms with Crippen LogP contribution in [-0.4, -0.2) is 33.3 Å². The number of H-pyrrole nitrogens is 1. The second-order valence-electron chi connectivity index (χ2n) is 4.58. The van der Waals surface area contributed by atoms with Crippen LogP contribution in [0.3, 0.4) is 0 Å². The first-order chi connectivity index (χ1) is 9.58. The average molecular weight is 275 g/mol. The number of nitrogens with one attached hydrogen (secondary N) is 2. The summed E-state index contributed by atoms with van der Waals surface area (Å²) in [6.07, 6.45) is 0. The lowest BCUT2D eigenvalue weighted by molar-refractivity contribution is 0.392. The molecule has 0 aliphatic rings. The second kappa shape index (κ2) is 6.25. The van der Waals surface area contributed by atoms with Gasteiger partial charge in [-0.1, -0.05) is 13.8 Å². The van der Waals surface area contributed by atoms with E-state index in [4.69, 9.17) is 4.74 Å². The Labute approximate surface area is 116 Å². The van der Waals surface area contributed by atoms with Gasteiger partial charge in [0.2, 0.25) is 5.88 Å². The van der Waals surface area contributed by atoms with Crippen molar-refractivity contribution in [3.63, 3.8) is 0 Å². The van der Waals surface area contributed by atoms with Gasteiger partial charge in [-0.15, -0.1) is 10.2 Å². The first-order valence-corrected chi connectivity index (χ1v) is 6.30. The van der Waals surface area contributed by atoms with Crippen molar-refractivity contribution in [2.24, 2.45) is 0 Å². The number of ether oxygens (including phenoxy) is 1. The lowest BCUT2D eigenvalue weighted by atomic mass is 10.3. The van der Waals surface area contributed by atoms with E-state index in [0.717, 1.165) is 0 Å². The lowest BCUT2D eigenvalue weighted by Crippen LogP contribution is -2.24. The van der Waals surface area contributed by atoms with Gasteiger partial charge in [0.1, 0.15) is 5.69 Å². The van der Waals surface area contributed by atoms with Crippen molar-refractivity contribution < 1.29 is 4.74 Å². The molecule has 0 radical (unpaired) electrons. The van der Waals surface area contributed by atoms with Gasteiger partial charge in [-0.2, -0.15) is 0 Å². The summed E-state index contributed by atoms with van der Waals surface area (Å²) in [6.45, 7) is 4.59. The highest BCUT2D eigenvalue weighted by Crippen LogP contribution is 2.12. The molecule has 0 amide bonds. The van der Waals surface area contributed by atoms with Crippen LogP contribution in [0.25, 0.3) is 11.5 Å². The van der Waals surface area contributed by atoms with Crippen LogP contribution in [0.1, 0.15) is 19.5 Å². The van der Waals surface area contributed by atoms with E-state index >= 15 is 0 Å². The number of hydrogen-bond acceptors (Lipinski definition) is 6. The van der Waals surface area contributed by atoms with Crippen molar-refractivity contribution in [3.8, 4) is 17.4 Å². The van der Waals surface area contributed by atoms with Gasteiger partial charge in [0, 0.05) is 24.7 Å². The zero-order valence-corrected chi connectivity index (χ0v) is 11.7. The Kier molecular flexibility index (Phi) is 4.41. The first kappa shape index (κ1) is 14.1. The Balaban J connectivity index is 2.28. The van der Waals surface area contributed by atoms with Crippen molar-refractivity contribution in [1.82, 2.24) is 25.5 Å². The molecule has 2 aromatic heterocycles. The van der Waals surface area contributed by atoms with Gasteiger partial charge < -0.3 is 15.0 Å². The molecule has 0 bridgehead atoms. The summed E-state index contributed by atoms with van der Waals surface area (Å²) in [5.41, 5.74) is 0.942. The Morgan fingerprint density at radius 2 is 2.15 bits per heavy atom. The summed E-state index contributed by atoms with van der Waals surface area (Å²) in [4.78, 5) is 18.7. The van der Waals surface area contributed by atoms with Crippen molar-refractivity contribution in [3.05, 3.63) is 34.2 Å². The van der Waals surface area contributed by atoms with E-state index in [1.54, 1.807) is 12.1 Å². The maximum atomic E-state index is 11.7. The summed E-state index contributed by atoms with van der Waals surface area (Å²) in [5, 5.41) is 11.0. The minimum atomic E-state index is -0.215. The van der Waals surface area contributed by atoms with Gasteiger partial charge in [0.15, 0.2) is 5.82 Å². The van der Waals surface area contributed by atoms with E-state index in [1.807, 2.05) is 13.8 Å². The van der Waals surface area contributed by atoms with Crippen LogP contribution in [0.2, 0.25) is 0 Å². The molecule has 106 valence electrons. The van der Waals surface area contributed by atoms with Crippen LogP contribution in [0, 0.1) is 0 Å². The van der Waals surface area contributed by atoms with E-state index in [0.29, 0.717) is 35.7 Å². The van der Waals surface area contributed by atoms with Crippen LogP contribution < -0.4 is 15.6 Å². The Hall–Kier alpha value is -2.28. The zero-order chi connectivity index (χ0) is 14.5. The van der Waals surface area contributed by atoms with Gasteiger partial charge in [-0.3, -0.25) is 4.79 Å². The topological polar surface area (TPSA) is 92.8 Å². The van der Waals surface area contributed by atoms with Gasteiger partial charge >= 0.3 is 0 Å². The van der Waals surface area contributed by atoms with Crippen LogP contribution in [-0.2, 0) is 6.54 Å². The normalized spacial score (nSPS) is 10.8. The summed E-state index contributed by atoms with van der Waals surface area (Å²) < 4.78 is 4.94. The Morgan fingerprint density at radius 3 is 2.75 bits per heavy atom. The number of hydrogen-bond donors (Lipinski definition) is 2. The largest absolute Gasteiger partial charge is 0.480 e. The fraction of sp³-hybridized carbons (Fsp3) is 0.385. The van der Waals surface area contributed by atoms with Crippen molar-refractivity contribution >= 4 is 0 Å². The average Bonchev–Trinajstić information content (AvgIpc) is 2.44. The third-order valence-electron chi connectivity index (χ3n) is 2.58. The number of nitrogens with zero attached hydrogens (tertiary/aromatic N) is 3. The van der Waals surface area contributed by atoms with Crippen molar-refractivity contribution in [2.75, 3.05) is 7.11 Å². The smallest absolute Gasteiger partial charge is 0.251 e. The molecule has 2 rings (SSSR count). The SMILES string of the molecule is COc1ccc(-c2nc(CNC(C)C)cc(=O)[nH]2)nn1. The van der Waals surface area contributed by atoms with Gasteiger partial charge in [-0.05, 0) is 6.07 Å². The highest BCUT2D eigenvalue weighted by Gasteiger charge is 2.07. The zero-order valence-electron chi connectivity index (χ0n) is 11.7. The molecule has 0 atom stereocenters. The predicted molar refractivity (Wildman–Crippen MR) is 74.4 cm³/mol. The van der Waals surface area contributed by atoms with Crippen LogP contribution >= 0.6 is 0 Å². The van der Waals surface area contributed by atoms with E-state index in [9.17, 15) is 4.79 Å². The van der Waals surface area contributed by atoms with Crippen molar-refractivity contribution in [1.29, 1.82) is 0 Å². The lowest BCUT2D eigenvalue weighted by Gasteiger charge is -2.08. The quantitative estimate of drug-likeness (QED) is 0.835. The summed E-state index contributed by atoms with van der Waals surface area (Å²) in [7, 11) is 1.52. The van der Waals surface area contributed by atoms with E-state index in [2.05, 4.69) is 25.5 Å². The number of rotatable bonds is 5. The van der Waals surface area contributed by atoms with Crippen LogP contribution in [0.15, 0.2) is 23.0 Å². The summed E-state index contributed by atoms with van der Waals surface area (Å²) in [5.74, 6) is 0.807. The highest BCUT2D eigenvalue weighted by molar-refractivity contribution is 5.48. The summed E-state index contributed by atoms with van der Waals surface area (Å²) in [6, 6.07) is 5.15. The monoisotopic (exact) mass is 275 g/mol. The van der Waals surface area contributed by atoms with Gasteiger partial charge in [0.05, 0.1) is 12.8 Å². The third-order valence-corrected chi connectivity index (χ3v) is 2.58. The molecule has 7 heteroatoms. The number of aromatic amines is 1. The molecular weight excluding hydrogens is 258 g/mol. The minimum Gasteiger partial charge on any atom is -0.480 e. The predicted octanol–water partition coefficient (Wildman–Crippen LogP) is 0.733. The molecule has 20 heavy (non-hydrogen) atoms. The standard InChI is InChI=1S/C13H17N5O2/c1-8(2)14-7-9-6-11(19)16-13(15-9)10-4-5-12(20-3)18-17-10/h4-6,8,14H,7H2,1-3H3,(H,15,16,19). The van der Waals surface area contributed by atoms with Gasteiger partial charge in [-0.25, -0.2) is 4.98 Å². The van der Waals surface area contributed by atoms with E-state index < -0.39 is 0 Å². The molecule has 0 aliphatic carbocycles. The second-order valence-corrected chi connectivity index (χ2v) is 4.58. The van der Waals surface area contributed by atoms with Gasteiger partial charge in [0.25, 0.3) is 5.56 Å². The molecule has 0 aromatic carbocycles. The van der Waals surface area contributed by atoms with Crippen molar-refractivity contribution in [2.45, 2.75) is 26.4 Å². The maximum absolute atomic E-state index is 11.7. The maximum Gasteiger partial charge on any atom is 0.251 e. The summed E-state index contributed by atoms with van der Waals surface area (Å²) >= 11 is 0. The molecule has 0 spiro atoms. The third kappa shape index (κ3) is 3.61. The van der Waals surface area contributed by atoms with Crippen LogP contribution in [0.4, 0.5) is 0 Å². The molecule has 7 nitrogen and oxygen atoms in total. The van der Waals surface area contributed by atoms with E-state index in [1.165, 1.54) is 13.2 Å². The fourth-order valence-corrected chi connectivity index (χ4v) is 1.58.